The lowest BCUT2D eigenvalue weighted by Gasteiger charge is -1.97. The molecule has 0 saturated carbocycles. The molecule has 3 aromatic rings. The van der Waals surface area contributed by atoms with Crippen molar-refractivity contribution in [3.8, 4) is 0 Å². The van der Waals surface area contributed by atoms with Gasteiger partial charge in [0.15, 0.2) is 5.58 Å². The molecule has 0 fully saturated rings. The van der Waals surface area contributed by atoms with E-state index in [9.17, 15) is 0 Å². The first-order valence-electron chi connectivity index (χ1n) is 5.45. The number of benzene rings is 2. The molecule has 0 unspecified atom stereocenters. The molecule has 0 aliphatic heterocycles. The van der Waals surface area contributed by atoms with Gasteiger partial charge in [0, 0.05) is 10.8 Å². The number of fused-ring (bicyclic) bond motifs is 3. The molecule has 0 radical (unpaired) electrons. The number of furan rings is 1. The Balaban J connectivity index is 2.65. The predicted octanol–water partition coefficient (Wildman–Crippen LogP) is 5.19. The molecular formula is C15H11ClO. The summed E-state index contributed by atoms with van der Waals surface area (Å²) in [6.45, 7) is 5.87. The molecule has 2 aromatic carbocycles. The summed E-state index contributed by atoms with van der Waals surface area (Å²) in [6, 6.07) is 9.93. The third-order valence-corrected chi connectivity index (χ3v) is 3.34. The van der Waals surface area contributed by atoms with Crippen LogP contribution < -0.4 is 0 Å². The SMILES string of the molecule is C=Cc1ccc(Cl)c2oc3c(C)cccc3c12. The van der Waals surface area contributed by atoms with Crippen molar-refractivity contribution in [2.24, 2.45) is 0 Å². The van der Waals surface area contributed by atoms with Gasteiger partial charge in [-0.3, -0.25) is 0 Å². The highest BCUT2D eigenvalue weighted by Crippen LogP contribution is 2.37. The Morgan fingerprint density at radius 1 is 1.18 bits per heavy atom. The van der Waals surface area contributed by atoms with Crippen molar-refractivity contribution in [3.05, 3.63) is 53.1 Å². The second-order valence-electron chi connectivity index (χ2n) is 4.10. The van der Waals surface area contributed by atoms with E-state index in [1.807, 2.05) is 37.3 Å². The van der Waals surface area contributed by atoms with Crippen molar-refractivity contribution in [2.75, 3.05) is 0 Å². The lowest BCUT2D eigenvalue weighted by molar-refractivity contribution is 0.666. The van der Waals surface area contributed by atoms with E-state index < -0.39 is 0 Å². The molecule has 0 bridgehead atoms. The predicted molar refractivity (Wildman–Crippen MR) is 73.6 cm³/mol. The van der Waals surface area contributed by atoms with Crippen LogP contribution in [0.3, 0.4) is 0 Å². The second-order valence-corrected chi connectivity index (χ2v) is 4.51. The molecule has 1 nitrogen and oxygen atoms in total. The Kier molecular flexibility index (Phi) is 2.23. The lowest BCUT2D eigenvalue weighted by Crippen LogP contribution is -1.76. The van der Waals surface area contributed by atoms with Crippen LogP contribution in [0.15, 0.2) is 41.3 Å². The quantitative estimate of drug-likeness (QED) is 0.572. The van der Waals surface area contributed by atoms with Gasteiger partial charge in [-0.25, -0.2) is 0 Å². The molecule has 3 rings (SSSR count). The van der Waals surface area contributed by atoms with E-state index in [2.05, 4.69) is 12.6 Å². The first kappa shape index (κ1) is 10.4. The highest BCUT2D eigenvalue weighted by molar-refractivity contribution is 6.36. The minimum atomic E-state index is 0.640. The van der Waals surface area contributed by atoms with Gasteiger partial charge in [-0.15, -0.1) is 0 Å². The number of hydrogen-bond acceptors (Lipinski definition) is 1. The molecule has 2 heteroatoms. The van der Waals surface area contributed by atoms with Crippen LogP contribution in [0.4, 0.5) is 0 Å². The van der Waals surface area contributed by atoms with Crippen molar-refractivity contribution in [3.63, 3.8) is 0 Å². The maximum absolute atomic E-state index is 6.18. The fraction of sp³-hybridized carbons (Fsp3) is 0.0667. The molecule has 0 atom stereocenters. The fourth-order valence-electron chi connectivity index (χ4n) is 2.21. The molecule has 1 heterocycles. The van der Waals surface area contributed by atoms with Crippen molar-refractivity contribution in [2.45, 2.75) is 6.92 Å². The Morgan fingerprint density at radius 2 is 2.00 bits per heavy atom. The highest BCUT2D eigenvalue weighted by atomic mass is 35.5. The van der Waals surface area contributed by atoms with E-state index in [1.54, 1.807) is 0 Å². The molecule has 0 aliphatic carbocycles. The molecule has 0 amide bonds. The summed E-state index contributed by atoms with van der Waals surface area (Å²) >= 11 is 6.18. The summed E-state index contributed by atoms with van der Waals surface area (Å²) in [5.74, 6) is 0. The third kappa shape index (κ3) is 1.39. The largest absolute Gasteiger partial charge is 0.454 e. The van der Waals surface area contributed by atoms with E-state index in [0.717, 1.165) is 33.1 Å². The summed E-state index contributed by atoms with van der Waals surface area (Å²) in [4.78, 5) is 0. The summed E-state index contributed by atoms with van der Waals surface area (Å²) in [7, 11) is 0. The zero-order valence-electron chi connectivity index (χ0n) is 9.46. The molecule has 0 N–H and O–H groups in total. The first-order chi connectivity index (χ1) is 8.22. The standard InChI is InChI=1S/C15H11ClO/c1-3-10-7-8-12(16)15-13(10)11-6-4-5-9(2)14(11)17-15/h3-8H,1H2,2H3. The molecular weight excluding hydrogens is 232 g/mol. The normalized spacial score (nSPS) is 11.2. The van der Waals surface area contributed by atoms with Crippen molar-refractivity contribution >= 4 is 39.6 Å². The molecule has 0 saturated heterocycles. The summed E-state index contributed by atoms with van der Waals surface area (Å²) in [5, 5.41) is 2.78. The average Bonchev–Trinajstić information content (AvgIpc) is 2.72. The summed E-state index contributed by atoms with van der Waals surface area (Å²) < 4.78 is 5.88. The van der Waals surface area contributed by atoms with Gasteiger partial charge in [-0.2, -0.15) is 0 Å². The number of para-hydroxylation sites is 1. The zero-order chi connectivity index (χ0) is 12.0. The molecule has 84 valence electrons. The lowest BCUT2D eigenvalue weighted by atomic mass is 10.1. The average molecular weight is 243 g/mol. The molecule has 0 aliphatic rings. The maximum atomic E-state index is 6.18. The van der Waals surface area contributed by atoms with E-state index in [1.165, 1.54) is 0 Å². The fourth-order valence-corrected chi connectivity index (χ4v) is 2.40. The Morgan fingerprint density at radius 3 is 2.76 bits per heavy atom. The maximum Gasteiger partial charge on any atom is 0.154 e. The van der Waals surface area contributed by atoms with Crippen molar-refractivity contribution < 1.29 is 4.42 Å². The monoisotopic (exact) mass is 242 g/mol. The van der Waals surface area contributed by atoms with Crippen LogP contribution in [-0.4, -0.2) is 0 Å². The topological polar surface area (TPSA) is 13.1 Å². The first-order valence-corrected chi connectivity index (χ1v) is 5.83. The third-order valence-electron chi connectivity index (χ3n) is 3.05. The zero-order valence-corrected chi connectivity index (χ0v) is 10.2. The van der Waals surface area contributed by atoms with Gasteiger partial charge in [0.1, 0.15) is 5.58 Å². The molecule has 17 heavy (non-hydrogen) atoms. The minimum Gasteiger partial charge on any atom is -0.454 e. The van der Waals surface area contributed by atoms with E-state index >= 15 is 0 Å². The van der Waals surface area contributed by atoms with Crippen molar-refractivity contribution in [1.29, 1.82) is 0 Å². The summed E-state index contributed by atoms with van der Waals surface area (Å²) in [6.07, 6.45) is 1.83. The van der Waals surface area contributed by atoms with E-state index in [0.29, 0.717) is 5.02 Å². The number of rotatable bonds is 1. The smallest absolute Gasteiger partial charge is 0.154 e. The van der Waals surface area contributed by atoms with Crippen LogP contribution in [0.2, 0.25) is 5.02 Å². The Labute approximate surface area is 104 Å². The molecule has 0 spiro atoms. The van der Waals surface area contributed by atoms with Crippen molar-refractivity contribution in [1.82, 2.24) is 0 Å². The van der Waals surface area contributed by atoms with Gasteiger partial charge in [-0.1, -0.05) is 48.5 Å². The number of hydrogen-bond donors (Lipinski definition) is 0. The van der Waals surface area contributed by atoms with Gasteiger partial charge >= 0.3 is 0 Å². The minimum absolute atomic E-state index is 0.640. The van der Waals surface area contributed by atoms with Crippen LogP contribution in [0, 0.1) is 6.92 Å². The molecule has 1 aromatic heterocycles. The Bertz CT molecular complexity index is 737. The second kappa shape index (κ2) is 3.64. The van der Waals surface area contributed by atoms with Crippen LogP contribution in [-0.2, 0) is 0 Å². The highest BCUT2D eigenvalue weighted by Gasteiger charge is 2.13. The van der Waals surface area contributed by atoms with Gasteiger partial charge < -0.3 is 4.42 Å². The van der Waals surface area contributed by atoms with Crippen LogP contribution in [0.25, 0.3) is 28.0 Å². The van der Waals surface area contributed by atoms with Gasteiger partial charge in [0.05, 0.1) is 5.02 Å². The number of halogens is 1. The number of aryl methyl sites for hydroxylation is 1. The van der Waals surface area contributed by atoms with Crippen LogP contribution in [0.5, 0.6) is 0 Å². The van der Waals surface area contributed by atoms with Gasteiger partial charge in [-0.05, 0) is 24.1 Å². The van der Waals surface area contributed by atoms with Crippen LogP contribution >= 0.6 is 11.6 Å². The van der Waals surface area contributed by atoms with Gasteiger partial charge in [0.2, 0.25) is 0 Å². The summed E-state index contributed by atoms with van der Waals surface area (Å²) in [5.41, 5.74) is 3.81. The Hall–Kier alpha value is -1.73. The van der Waals surface area contributed by atoms with Crippen LogP contribution in [0.1, 0.15) is 11.1 Å². The van der Waals surface area contributed by atoms with E-state index in [4.69, 9.17) is 16.0 Å². The van der Waals surface area contributed by atoms with E-state index in [-0.39, 0.29) is 0 Å². The van der Waals surface area contributed by atoms with Gasteiger partial charge in [0.25, 0.3) is 0 Å².